The Labute approximate surface area is 104 Å². The van der Waals surface area contributed by atoms with E-state index < -0.39 is 0 Å². The van der Waals surface area contributed by atoms with Crippen molar-refractivity contribution in [3.8, 4) is 0 Å². The van der Waals surface area contributed by atoms with Gasteiger partial charge in [-0.15, -0.1) is 0 Å². The van der Waals surface area contributed by atoms with E-state index in [0.29, 0.717) is 13.0 Å². The molecule has 0 unspecified atom stereocenters. The van der Waals surface area contributed by atoms with Gasteiger partial charge in [-0.05, 0) is 30.5 Å². The summed E-state index contributed by atoms with van der Waals surface area (Å²) >= 11 is 0. The summed E-state index contributed by atoms with van der Waals surface area (Å²) in [7, 11) is 1.66. The lowest BCUT2D eigenvalue weighted by Crippen LogP contribution is -2.20. The molecule has 0 heterocycles. The zero-order chi connectivity index (χ0) is 12.5. The van der Waals surface area contributed by atoms with Crippen molar-refractivity contribution < 1.29 is 4.79 Å². The monoisotopic (exact) mass is 234 g/mol. The second-order valence-corrected chi connectivity index (χ2v) is 4.15. The van der Waals surface area contributed by atoms with E-state index in [2.05, 4.69) is 41.8 Å². The molecule has 0 aromatic heterocycles. The predicted molar refractivity (Wildman–Crippen MR) is 72.2 cm³/mol. The van der Waals surface area contributed by atoms with Gasteiger partial charge >= 0.3 is 0 Å². The SMILES string of the molecule is CCCCc1ccc(NCCC(=O)NC)cc1. The molecule has 1 rings (SSSR count). The first-order valence-corrected chi connectivity index (χ1v) is 6.29. The molecule has 94 valence electrons. The Balaban J connectivity index is 2.32. The summed E-state index contributed by atoms with van der Waals surface area (Å²) in [5.41, 5.74) is 2.46. The normalized spacial score (nSPS) is 10.0. The fraction of sp³-hybridized carbons (Fsp3) is 0.500. The molecule has 3 heteroatoms. The third-order valence-electron chi connectivity index (χ3n) is 2.73. The molecule has 0 atom stereocenters. The average molecular weight is 234 g/mol. The molecular formula is C14H22N2O. The lowest BCUT2D eigenvalue weighted by molar-refractivity contribution is -0.120. The molecule has 0 saturated heterocycles. The quantitative estimate of drug-likeness (QED) is 0.761. The number of carbonyl (C=O) groups excluding carboxylic acids is 1. The molecule has 1 amide bonds. The molecule has 0 radical (unpaired) electrons. The summed E-state index contributed by atoms with van der Waals surface area (Å²) in [4.78, 5) is 11.0. The highest BCUT2D eigenvalue weighted by Gasteiger charge is 1.98. The van der Waals surface area contributed by atoms with Crippen molar-refractivity contribution in [2.24, 2.45) is 0 Å². The zero-order valence-corrected chi connectivity index (χ0v) is 10.8. The van der Waals surface area contributed by atoms with Crippen LogP contribution in [0, 0.1) is 0 Å². The number of rotatable bonds is 7. The Morgan fingerprint density at radius 2 is 1.94 bits per heavy atom. The Bertz CT molecular complexity index is 333. The fourth-order valence-corrected chi connectivity index (χ4v) is 1.62. The average Bonchev–Trinajstić information content (AvgIpc) is 2.37. The van der Waals surface area contributed by atoms with Crippen LogP contribution in [-0.2, 0) is 11.2 Å². The minimum Gasteiger partial charge on any atom is -0.385 e. The lowest BCUT2D eigenvalue weighted by Gasteiger charge is -2.07. The van der Waals surface area contributed by atoms with Crippen molar-refractivity contribution in [1.82, 2.24) is 5.32 Å². The number of nitrogens with one attached hydrogen (secondary N) is 2. The van der Waals surface area contributed by atoms with E-state index in [0.717, 1.165) is 12.1 Å². The van der Waals surface area contributed by atoms with E-state index in [1.807, 2.05) is 0 Å². The van der Waals surface area contributed by atoms with E-state index in [1.165, 1.54) is 18.4 Å². The summed E-state index contributed by atoms with van der Waals surface area (Å²) in [6.45, 7) is 2.88. The van der Waals surface area contributed by atoms with Crippen LogP contribution >= 0.6 is 0 Å². The van der Waals surface area contributed by atoms with Crippen LogP contribution in [-0.4, -0.2) is 19.5 Å². The largest absolute Gasteiger partial charge is 0.385 e. The van der Waals surface area contributed by atoms with E-state index in [4.69, 9.17) is 0 Å². The van der Waals surface area contributed by atoms with Crippen molar-refractivity contribution in [3.63, 3.8) is 0 Å². The summed E-state index contributed by atoms with van der Waals surface area (Å²) in [6, 6.07) is 8.46. The van der Waals surface area contributed by atoms with E-state index in [9.17, 15) is 4.79 Å². The van der Waals surface area contributed by atoms with Crippen molar-refractivity contribution in [1.29, 1.82) is 0 Å². The van der Waals surface area contributed by atoms with Crippen molar-refractivity contribution in [2.45, 2.75) is 32.6 Å². The number of amides is 1. The highest BCUT2D eigenvalue weighted by molar-refractivity contribution is 5.76. The molecule has 17 heavy (non-hydrogen) atoms. The van der Waals surface area contributed by atoms with Crippen LogP contribution in [0.4, 0.5) is 5.69 Å². The topological polar surface area (TPSA) is 41.1 Å². The van der Waals surface area contributed by atoms with Crippen LogP contribution in [0.5, 0.6) is 0 Å². The number of benzene rings is 1. The maximum Gasteiger partial charge on any atom is 0.221 e. The van der Waals surface area contributed by atoms with Crippen LogP contribution < -0.4 is 10.6 Å². The van der Waals surface area contributed by atoms with Crippen molar-refractivity contribution in [2.75, 3.05) is 18.9 Å². The standard InChI is InChI=1S/C14H22N2O/c1-3-4-5-12-6-8-13(9-7-12)16-11-10-14(17)15-2/h6-9,16H,3-5,10-11H2,1-2H3,(H,15,17). The van der Waals surface area contributed by atoms with Gasteiger partial charge in [-0.3, -0.25) is 4.79 Å². The predicted octanol–water partition coefficient (Wildman–Crippen LogP) is 2.58. The maximum atomic E-state index is 11.0. The van der Waals surface area contributed by atoms with Gasteiger partial charge in [0, 0.05) is 25.7 Å². The molecule has 2 N–H and O–H groups in total. The first-order valence-electron chi connectivity index (χ1n) is 6.29. The second kappa shape index (κ2) is 7.71. The van der Waals surface area contributed by atoms with Crippen LogP contribution in [0.2, 0.25) is 0 Å². The summed E-state index contributed by atoms with van der Waals surface area (Å²) in [5.74, 6) is 0.0667. The highest BCUT2D eigenvalue weighted by Crippen LogP contribution is 2.11. The molecule has 0 aliphatic carbocycles. The molecule has 0 bridgehead atoms. The van der Waals surface area contributed by atoms with Crippen LogP contribution in [0.25, 0.3) is 0 Å². The van der Waals surface area contributed by atoms with Gasteiger partial charge in [0.1, 0.15) is 0 Å². The Morgan fingerprint density at radius 1 is 1.24 bits per heavy atom. The third kappa shape index (κ3) is 5.38. The van der Waals surface area contributed by atoms with Crippen LogP contribution in [0.15, 0.2) is 24.3 Å². The Morgan fingerprint density at radius 3 is 2.53 bits per heavy atom. The summed E-state index contributed by atoms with van der Waals surface area (Å²) < 4.78 is 0. The van der Waals surface area contributed by atoms with Crippen LogP contribution in [0.1, 0.15) is 31.7 Å². The molecule has 0 aliphatic heterocycles. The third-order valence-corrected chi connectivity index (χ3v) is 2.73. The molecule has 0 fully saturated rings. The fourth-order valence-electron chi connectivity index (χ4n) is 1.62. The lowest BCUT2D eigenvalue weighted by atomic mass is 10.1. The Kier molecular flexibility index (Phi) is 6.15. The highest BCUT2D eigenvalue weighted by atomic mass is 16.1. The van der Waals surface area contributed by atoms with Gasteiger partial charge in [0.2, 0.25) is 5.91 Å². The van der Waals surface area contributed by atoms with Gasteiger partial charge in [-0.25, -0.2) is 0 Å². The second-order valence-electron chi connectivity index (χ2n) is 4.15. The number of anilines is 1. The molecular weight excluding hydrogens is 212 g/mol. The maximum absolute atomic E-state index is 11.0. The molecule has 0 spiro atoms. The van der Waals surface area contributed by atoms with E-state index >= 15 is 0 Å². The molecule has 1 aromatic carbocycles. The smallest absolute Gasteiger partial charge is 0.221 e. The van der Waals surface area contributed by atoms with E-state index in [-0.39, 0.29) is 5.91 Å². The first kappa shape index (κ1) is 13.6. The number of carbonyl (C=O) groups is 1. The van der Waals surface area contributed by atoms with Crippen molar-refractivity contribution >= 4 is 11.6 Å². The molecule has 0 aliphatic rings. The Hall–Kier alpha value is -1.51. The molecule has 0 saturated carbocycles. The van der Waals surface area contributed by atoms with Gasteiger partial charge < -0.3 is 10.6 Å². The summed E-state index contributed by atoms with van der Waals surface area (Å²) in [6.07, 6.45) is 4.12. The van der Waals surface area contributed by atoms with Gasteiger partial charge in [0.25, 0.3) is 0 Å². The first-order chi connectivity index (χ1) is 8.26. The molecule has 1 aromatic rings. The van der Waals surface area contributed by atoms with Gasteiger partial charge in [-0.1, -0.05) is 25.5 Å². The van der Waals surface area contributed by atoms with Gasteiger partial charge in [-0.2, -0.15) is 0 Å². The minimum absolute atomic E-state index is 0.0667. The van der Waals surface area contributed by atoms with Gasteiger partial charge in [0.15, 0.2) is 0 Å². The number of hydrogen-bond donors (Lipinski definition) is 2. The van der Waals surface area contributed by atoms with E-state index in [1.54, 1.807) is 7.05 Å². The minimum atomic E-state index is 0.0667. The van der Waals surface area contributed by atoms with Crippen molar-refractivity contribution in [3.05, 3.63) is 29.8 Å². The molecule has 3 nitrogen and oxygen atoms in total. The number of aryl methyl sites for hydroxylation is 1. The van der Waals surface area contributed by atoms with Gasteiger partial charge in [0.05, 0.1) is 0 Å². The number of hydrogen-bond acceptors (Lipinski definition) is 2. The zero-order valence-electron chi connectivity index (χ0n) is 10.8. The number of unbranched alkanes of at least 4 members (excludes halogenated alkanes) is 1. The van der Waals surface area contributed by atoms with Crippen LogP contribution in [0.3, 0.4) is 0 Å². The summed E-state index contributed by atoms with van der Waals surface area (Å²) in [5, 5.41) is 5.84.